The van der Waals surface area contributed by atoms with E-state index in [9.17, 15) is 4.79 Å². The van der Waals surface area contributed by atoms with Crippen LogP contribution in [0, 0.1) is 5.92 Å². The number of nitrogens with one attached hydrogen (secondary N) is 1. The first-order chi connectivity index (χ1) is 10.6. The molecular weight excluding hydrogens is 318 g/mol. The first-order valence-electron chi connectivity index (χ1n) is 7.45. The van der Waals surface area contributed by atoms with Crippen molar-refractivity contribution in [2.75, 3.05) is 5.32 Å². The zero-order valence-electron chi connectivity index (χ0n) is 13.1. The fourth-order valence-corrected chi connectivity index (χ4v) is 3.62. The number of oxazole rings is 1. The van der Waals surface area contributed by atoms with Crippen molar-refractivity contribution in [2.24, 2.45) is 5.92 Å². The molecule has 22 heavy (non-hydrogen) atoms. The summed E-state index contributed by atoms with van der Waals surface area (Å²) in [6, 6.07) is 0. The molecule has 0 aliphatic rings. The van der Waals surface area contributed by atoms with E-state index in [2.05, 4.69) is 22.2 Å². The van der Waals surface area contributed by atoms with Crippen molar-refractivity contribution in [1.82, 2.24) is 9.97 Å². The summed E-state index contributed by atoms with van der Waals surface area (Å²) < 4.78 is 6.60. The van der Waals surface area contributed by atoms with E-state index in [1.807, 2.05) is 13.8 Å². The number of aryl methyl sites for hydroxylation is 1. The predicted molar refractivity (Wildman–Crippen MR) is 90.3 cm³/mol. The minimum atomic E-state index is 0.0183. The zero-order chi connectivity index (χ0) is 15.9. The van der Waals surface area contributed by atoms with Crippen LogP contribution >= 0.6 is 23.1 Å². The summed E-state index contributed by atoms with van der Waals surface area (Å²) in [5.41, 5.74) is 0. The second-order valence-electron chi connectivity index (χ2n) is 5.03. The molecule has 2 aromatic heterocycles. The van der Waals surface area contributed by atoms with E-state index in [1.165, 1.54) is 11.3 Å². The Morgan fingerprint density at radius 3 is 2.91 bits per heavy atom. The van der Waals surface area contributed by atoms with Crippen LogP contribution in [0.3, 0.4) is 0 Å². The molecule has 0 aromatic carbocycles. The maximum absolute atomic E-state index is 12.0. The number of hydrogen-bond acceptors (Lipinski definition) is 6. The number of anilines is 1. The first-order valence-corrected chi connectivity index (χ1v) is 9.25. The molecule has 2 aromatic rings. The molecule has 2 heterocycles. The molecule has 0 radical (unpaired) electrons. The fourth-order valence-electron chi connectivity index (χ4n) is 1.89. The Balaban J connectivity index is 1.84. The first kappa shape index (κ1) is 17.0. The Morgan fingerprint density at radius 1 is 1.41 bits per heavy atom. The molecule has 120 valence electrons. The van der Waals surface area contributed by atoms with E-state index >= 15 is 0 Å². The van der Waals surface area contributed by atoms with Gasteiger partial charge in [-0.25, -0.2) is 9.97 Å². The molecule has 0 fully saturated rings. The summed E-state index contributed by atoms with van der Waals surface area (Å²) in [6.07, 6.45) is 6.29. The lowest BCUT2D eigenvalue weighted by atomic mass is 10.1. The van der Waals surface area contributed by atoms with Gasteiger partial charge in [0.2, 0.25) is 11.8 Å². The summed E-state index contributed by atoms with van der Waals surface area (Å²) >= 11 is 3.09. The van der Waals surface area contributed by atoms with Crippen LogP contribution in [-0.2, 0) is 17.0 Å². The molecule has 1 unspecified atom stereocenters. The monoisotopic (exact) mass is 339 g/mol. The van der Waals surface area contributed by atoms with E-state index in [0.717, 1.165) is 35.1 Å². The van der Waals surface area contributed by atoms with E-state index < -0.39 is 0 Å². The molecule has 5 nitrogen and oxygen atoms in total. The van der Waals surface area contributed by atoms with E-state index in [0.29, 0.717) is 10.9 Å². The zero-order valence-corrected chi connectivity index (χ0v) is 14.7. The molecule has 1 N–H and O–H groups in total. The van der Waals surface area contributed by atoms with Crippen LogP contribution in [-0.4, -0.2) is 15.9 Å². The van der Waals surface area contributed by atoms with Crippen LogP contribution in [0.2, 0.25) is 0 Å². The van der Waals surface area contributed by atoms with Gasteiger partial charge in [-0.05, 0) is 6.42 Å². The van der Waals surface area contributed by atoms with Crippen molar-refractivity contribution in [2.45, 2.75) is 50.0 Å². The molecule has 0 saturated heterocycles. The van der Waals surface area contributed by atoms with Gasteiger partial charge in [-0.2, -0.15) is 0 Å². The Morgan fingerprint density at radius 2 is 2.23 bits per heavy atom. The SMILES string of the molecule is CCCC(C)C(=O)Nc1ncc(SCc2ncc(CC)o2)s1. The highest BCUT2D eigenvalue weighted by atomic mass is 32.2. The molecule has 1 amide bonds. The normalized spacial score (nSPS) is 12.3. The van der Waals surface area contributed by atoms with Gasteiger partial charge in [-0.3, -0.25) is 4.79 Å². The molecule has 0 bridgehead atoms. The lowest BCUT2D eigenvalue weighted by Gasteiger charge is -2.08. The third kappa shape index (κ3) is 4.84. The molecule has 0 saturated carbocycles. The van der Waals surface area contributed by atoms with Gasteiger partial charge < -0.3 is 9.73 Å². The molecular formula is C15H21N3O2S2. The van der Waals surface area contributed by atoms with Gasteiger partial charge >= 0.3 is 0 Å². The second-order valence-corrected chi connectivity index (χ2v) is 7.33. The van der Waals surface area contributed by atoms with Crippen LogP contribution in [0.1, 0.15) is 45.3 Å². The van der Waals surface area contributed by atoms with Crippen molar-refractivity contribution in [1.29, 1.82) is 0 Å². The third-order valence-corrected chi connectivity index (χ3v) is 5.26. The van der Waals surface area contributed by atoms with Crippen molar-refractivity contribution in [3.8, 4) is 0 Å². The Labute approximate surface area is 138 Å². The second kappa shape index (κ2) is 8.33. The summed E-state index contributed by atoms with van der Waals surface area (Å²) in [7, 11) is 0. The number of hydrogen-bond donors (Lipinski definition) is 1. The topological polar surface area (TPSA) is 68.0 Å². The number of thioether (sulfide) groups is 1. The minimum Gasteiger partial charge on any atom is -0.445 e. The maximum Gasteiger partial charge on any atom is 0.228 e. The lowest BCUT2D eigenvalue weighted by molar-refractivity contribution is -0.119. The minimum absolute atomic E-state index is 0.0183. The van der Waals surface area contributed by atoms with Gasteiger partial charge in [-0.1, -0.05) is 38.5 Å². The average molecular weight is 339 g/mol. The third-order valence-electron chi connectivity index (χ3n) is 3.17. The standard InChI is InChI=1S/C15H21N3O2S2/c1-4-6-10(3)14(19)18-15-17-8-13(22-15)21-9-12-16-7-11(5-2)20-12/h7-8,10H,4-6,9H2,1-3H3,(H,17,18,19). The van der Waals surface area contributed by atoms with Crippen LogP contribution < -0.4 is 5.32 Å². The van der Waals surface area contributed by atoms with Gasteiger partial charge in [0.15, 0.2) is 5.13 Å². The molecule has 0 aliphatic carbocycles. The Hall–Kier alpha value is -1.34. The van der Waals surface area contributed by atoms with Crippen LogP contribution in [0.4, 0.5) is 5.13 Å². The summed E-state index contributed by atoms with van der Waals surface area (Å²) in [5.74, 6) is 2.34. The highest BCUT2D eigenvalue weighted by Crippen LogP contribution is 2.30. The van der Waals surface area contributed by atoms with Gasteiger partial charge in [-0.15, -0.1) is 11.8 Å². The van der Waals surface area contributed by atoms with Crippen LogP contribution in [0.5, 0.6) is 0 Å². The molecule has 7 heteroatoms. The summed E-state index contributed by atoms with van der Waals surface area (Å²) in [4.78, 5) is 20.4. The van der Waals surface area contributed by atoms with E-state index in [-0.39, 0.29) is 11.8 Å². The van der Waals surface area contributed by atoms with E-state index in [1.54, 1.807) is 24.2 Å². The number of nitrogens with zero attached hydrogens (tertiary/aromatic N) is 2. The highest BCUT2D eigenvalue weighted by molar-refractivity contribution is 8.00. The predicted octanol–water partition coefficient (Wildman–Crippen LogP) is 4.36. The Bertz CT molecular complexity index is 609. The van der Waals surface area contributed by atoms with Gasteiger partial charge in [0.25, 0.3) is 0 Å². The van der Waals surface area contributed by atoms with Crippen molar-refractivity contribution in [3.63, 3.8) is 0 Å². The molecule has 0 spiro atoms. The van der Waals surface area contributed by atoms with Crippen LogP contribution in [0.15, 0.2) is 21.0 Å². The lowest BCUT2D eigenvalue weighted by Crippen LogP contribution is -2.19. The van der Waals surface area contributed by atoms with Gasteiger partial charge in [0.1, 0.15) is 5.76 Å². The van der Waals surface area contributed by atoms with Crippen molar-refractivity contribution in [3.05, 3.63) is 24.0 Å². The number of carbonyl (C=O) groups is 1. The van der Waals surface area contributed by atoms with Gasteiger partial charge in [0, 0.05) is 12.3 Å². The summed E-state index contributed by atoms with van der Waals surface area (Å²) in [5, 5.41) is 3.52. The smallest absolute Gasteiger partial charge is 0.228 e. The average Bonchev–Trinajstić information content (AvgIpc) is 3.14. The molecule has 0 aliphatic heterocycles. The highest BCUT2D eigenvalue weighted by Gasteiger charge is 2.14. The fraction of sp³-hybridized carbons (Fsp3) is 0.533. The quantitative estimate of drug-likeness (QED) is 0.724. The number of aromatic nitrogens is 2. The number of rotatable bonds is 8. The number of thiazole rings is 1. The largest absolute Gasteiger partial charge is 0.445 e. The van der Waals surface area contributed by atoms with Crippen LogP contribution in [0.25, 0.3) is 0 Å². The van der Waals surface area contributed by atoms with Crippen molar-refractivity contribution >= 4 is 34.1 Å². The van der Waals surface area contributed by atoms with E-state index in [4.69, 9.17) is 4.42 Å². The van der Waals surface area contributed by atoms with Gasteiger partial charge in [0.05, 0.1) is 22.4 Å². The molecule has 2 rings (SSSR count). The Kier molecular flexibility index (Phi) is 6.45. The molecule has 1 atom stereocenters. The summed E-state index contributed by atoms with van der Waals surface area (Å²) in [6.45, 7) is 6.06. The number of carbonyl (C=O) groups excluding carboxylic acids is 1. The number of amides is 1. The van der Waals surface area contributed by atoms with Crippen molar-refractivity contribution < 1.29 is 9.21 Å². The maximum atomic E-state index is 12.0.